The molecule has 0 heterocycles. The van der Waals surface area contributed by atoms with Gasteiger partial charge in [0.1, 0.15) is 18.1 Å². The Morgan fingerprint density at radius 2 is 1.64 bits per heavy atom. The fourth-order valence-electron chi connectivity index (χ4n) is 3.84. The van der Waals surface area contributed by atoms with Gasteiger partial charge in [-0.05, 0) is 68.2 Å². The molecule has 0 aliphatic rings. The molecule has 0 unspecified atom stereocenters. The standard InChI is InChI=1S/C15H23NO3.C15H15NO/c1-3-7-16(8-4-2)9-10-19-14-6-5-13(12-17)15(18)11-14;1-11(17)14-9-8-13(10-15(14)16-2)12-6-4-3-5-7-12/h5-6,11-12,18H,3-4,7-10H2,1-2H3;3-10,16H,1-2H3. The van der Waals surface area contributed by atoms with Crippen molar-refractivity contribution in [2.24, 2.45) is 0 Å². The van der Waals surface area contributed by atoms with Crippen LogP contribution in [0.25, 0.3) is 11.1 Å². The third kappa shape index (κ3) is 8.86. The van der Waals surface area contributed by atoms with E-state index in [0.717, 1.165) is 54.9 Å². The van der Waals surface area contributed by atoms with Gasteiger partial charge in [0.25, 0.3) is 0 Å². The highest BCUT2D eigenvalue weighted by molar-refractivity contribution is 6.00. The maximum absolute atomic E-state index is 11.4. The molecule has 0 atom stereocenters. The van der Waals surface area contributed by atoms with Crippen LogP contribution in [0.1, 0.15) is 54.3 Å². The average Bonchev–Trinajstić information content (AvgIpc) is 2.89. The number of phenols is 1. The predicted molar refractivity (Wildman–Crippen MR) is 147 cm³/mol. The van der Waals surface area contributed by atoms with Crippen LogP contribution < -0.4 is 10.1 Å². The summed E-state index contributed by atoms with van der Waals surface area (Å²) in [6.07, 6.45) is 2.90. The first-order valence-electron chi connectivity index (χ1n) is 12.4. The first-order chi connectivity index (χ1) is 17.4. The second-order valence-electron chi connectivity index (χ2n) is 8.46. The van der Waals surface area contributed by atoms with Crippen molar-refractivity contribution in [3.05, 3.63) is 77.9 Å². The van der Waals surface area contributed by atoms with Crippen molar-refractivity contribution in [3.8, 4) is 22.6 Å². The second kappa shape index (κ2) is 15.4. The van der Waals surface area contributed by atoms with Gasteiger partial charge >= 0.3 is 0 Å². The molecule has 3 aromatic rings. The monoisotopic (exact) mass is 490 g/mol. The Hall–Kier alpha value is -3.64. The van der Waals surface area contributed by atoms with Gasteiger partial charge in [-0.3, -0.25) is 14.5 Å². The van der Waals surface area contributed by atoms with Gasteiger partial charge in [-0.15, -0.1) is 0 Å². The van der Waals surface area contributed by atoms with Gasteiger partial charge < -0.3 is 15.2 Å². The lowest BCUT2D eigenvalue weighted by Crippen LogP contribution is -2.30. The molecule has 0 aliphatic carbocycles. The minimum absolute atomic E-state index is 0.0357. The molecule has 0 spiro atoms. The lowest BCUT2D eigenvalue weighted by atomic mass is 10.0. The Kier molecular flexibility index (Phi) is 12.2. The van der Waals surface area contributed by atoms with Crippen LogP contribution >= 0.6 is 0 Å². The first-order valence-corrected chi connectivity index (χ1v) is 12.4. The average molecular weight is 491 g/mol. The van der Waals surface area contributed by atoms with Gasteiger partial charge in [0.15, 0.2) is 12.1 Å². The van der Waals surface area contributed by atoms with Crippen molar-refractivity contribution >= 4 is 17.8 Å². The van der Waals surface area contributed by atoms with Gasteiger partial charge in [-0.1, -0.05) is 50.2 Å². The molecular formula is C30H38N2O4. The molecule has 0 saturated carbocycles. The molecule has 0 fully saturated rings. The van der Waals surface area contributed by atoms with Crippen LogP contribution in [0.15, 0.2) is 66.7 Å². The summed E-state index contributed by atoms with van der Waals surface area (Å²) in [4.78, 5) is 24.4. The summed E-state index contributed by atoms with van der Waals surface area (Å²) in [7, 11) is 1.83. The van der Waals surface area contributed by atoms with E-state index in [1.165, 1.54) is 6.07 Å². The molecule has 0 amide bonds. The highest BCUT2D eigenvalue weighted by Gasteiger charge is 2.08. The fourth-order valence-corrected chi connectivity index (χ4v) is 3.84. The van der Waals surface area contributed by atoms with E-state index >= 15 is 0 Å². The van der Waals surface area contributed by atoms with Crippen LogP contribution in [-0.2, 0) is 0 Å². The van der Waals surface area contributed by atoms with Crippen LogP contribution in [0.3, 0.4) is 0 Å². The topological polar surface area (TPSA) is 78.9 Å². The number of Topliss-reactive ketones (excluding diaryl/α,β-unsaturated/α-hetero) is 1. The normalized spacial score (nSPS) is 10.4. The van der Waals surface area contributed by atoms with Crippen LogP contribution in [-0.4, -0.2) is 55.4 Å². The summed E-state index contributed by atoms with van der Waals surface area (Å²) in [6.45, 7) is 9.52. The molecule has 0 aliphatic heterocycles. The third-order valence-corrected chi connectivity index (χ3v) is 5.66. The Balaban J connectivity index is 0.000000255. The molecule has 192 valence electrons. The maximum atomic E-state index is 11.4. The molecule has 0 saturated heterocycles. The summed E-state index contributed by atoms with van der Waals surface area (Å²) in [6, 6.07) is 20.7. The smallest absolute Gasteiger partial charge is 0.161 e. The van der Waals surface area contributed by atoms with Crippen molar-refractivity contribution in [2.75, 3.05) is 38.6 Å². The number of nitrogens with zero attached hydrogens (tertiary/aromatic N) is 1. The van der Waals surface area contributed by atoms with Gasteiger partial charge in [0.2, 0.25) is 0 Å². The van der Waals surface area contributed by atoms with E-state index in [9.17, 15) is 14.7 Å². The van der Waals surface area contributed by atoms with E-state index in [2.05, 4.69) is 36.2 Å². The minimum Gasteiger partial charge on any atom is -0.507 e. The van der Waals surface area contributed by atoms with Crippen molar-refractivity contribution in [1.29, 1.82) is 0 Å². The number of nitrogens with one attached hydrogen (secondary N) is 1. The van der Waals surface area contributed by atoms with E-state index in [1.54, 1.807) is 19.1 Å². The second-order valence-corrected chi connectivity index (χ2v) is 8.46. The number of hydrogen-bond acceptors (Lipinski definition) is 6. The molecule has 36 heavy (non-hydrogen) atoms. The summed E-state index contributed by atoms with van der Waals surface area (Å²) < 4.78 is 5.59. The molecule has 3 aromatic carbocycles. The molecule has 0 radical (unpaired) electrons. The predicted octanol–water partition coefficient (Wildman–Crippen LogP) is 6.30. The van der Waals surface area contributed by atoms with Crippen LogP contribution in [0.2, 0.25) is 0 Å². The molecule has 2 N–H and O–H groups in total. The number of carbonyl (C=O) groups excluding carboxylic acids is 2. The Morgan fingerprint density at radius 3 is 2.19 bits per heavy atom. The van der Waals surface area contributed by atoms with Crippen LogP contribution in [0.5, 0.6) is 11.5 Å². The molecule has 6 nitrogen and oxygen atoms in total. The van der Waals surface area contributed by atoms with Gasteiger partial charge in [0.05, 0.1) is 5.56 Å². The number of rotatable bonds is 12. The zero-order valence-corrected chi connectivity index (χ0v) is 21.8. The summed E-state index contributed by atoms with van der Waals surface area (Å²) in [5.74, 6) is 0.636. The summed E-state index contributed by atoms with van der Waals surface area (Å²) >= 11 is 0. The van der Waals surface area contributed by atoms with Gasteiger partial charge in [-0.2, -0.15) is 0 Å². The lowest BCUT2D eigenvalue weighted by Gasteiger charge is -2.20. The zero-order valence-electron chi connectivity index (χ0n) is 21.8. The van der Waals surface area contributed by atoms with E-state index in [1.807, 2.05) is 43.4 Å². The van der Waals surface area contributed by atoms with Crippen molar-refractivity contribution in [2.45, 2.75) is 33.6 Å². The third-order valence-electron chi connectivity index (χ3n) is 5.66. The SMILES string of the molecule is CCCN(CCC)CCOc1ccc(C=O)c(O)c1.CNc1cc(-c2ccccc2)ccc1C(C)=O. The lowest BCUT2D eigenvalue weighted by molar-refractivity contribution is 0.101. The largest absolute Gasteiger partial charge is 0.507 e. The number of aromatic hydroxyl groups is 1. The quantitative estimate of drug-likeness (QED) is 0.229. The Labute approximate surface area is 214 Å². The highest BCUT2D eigenvalue weighted by Crippen LogP contribution is 2.26. The van der Waals surface area contributed by atoms with E-state index in [-0.39, 0.29) is 17.1 Å². The van der Waals surface area contributed by atoms with Gasteiger partial charge in [0, 0.05) is 30.9 Å². The number of anilines is 1. The van der Waals surface area contributed by atoms with Crippen LogP contribution in [0, 0.1) is 0 Å². The van der Waals surface area contributed by atoms with E-state index in [4.69, 9.17) is 4.74 Å². The van der Waals surface area contributed by atoms with E-state index < -0.39 is 0 Å². The van der Waals surface area contributed by atoms with E-state index in [0.29, 0.717) is 18.6 Å². The van der Waals surface area contributed by atoms with Crippen molar-refractivity contribution in [3.63, 3.8) is 0 Å². The summed E-state index contributed by atoms with van der Waals surface area (Å²) in [5.41, 5.74) is 4.15. The molecule has 0 aromatic heterocycles. The zero-order chi connectivity index (χ0) is 26.3. The number of carbonyl (C=O) groups is 2. The number of hydrogen-bond donors (Lipinski definition) is 2. The van der Waals surface area contributed by atoms with Crippen molar-refractivity contribution < 1.29 is 19.4 Å². The number of phenolic OH excluding ortho intramolecular Hbond substituents is 1. The van der Waals surface area contributed by atoms with Crippen molar-refractivity contribution in [1.82, 2.24) is 4.90 Å². The Morgan fingerprint density at radius 1 is 0.944 bits per heavy atom. The van der Waals surface area contributed by atoms with Gasteiger partial charge in [-0.25, -0.2) is 0 Å². The highest BCUT2D eigenvalue weighted by atomic mass is 16.5. The molecule has 6 heteroatoms. The number of benzene rings is 3. The maximum Gasteiger partial charge on any atom is 0.161 e. The molecule has 0 bridgehead atoms. The minimum atomic E-state index is -0.0357. The summed E-state index contributed by atoms with van der Waals surface area (Å²) in [5, 5.41) is 12.6. The number of ketones is 1. The fraction of sp³-hybridized carbons (Fsp3) is 0.333. The number of aldehydes is 1. The Bertz CT molecular complexity index is 1090. The molecule has 3 rings (SSSR count). The first kappa shape index (κ1) is 28.6. The van der Waals surface area contributed by atoms with Crippen LogP contribution in [0.4, 0.5) is 5.69 Å². The number of ether oxygens (including phenoxy) is 1. The molecular weight excluding hydrogens is 452 g/mol.